The van der Waals surface area contributed by atoms with Crippen LogP contribution in [0.3, 0.4) is 0 Å². The van der Waals surface area contributed by atoms with Crippen LogP contribution in [0.15, 0.2) is 0 Å². The van der Waals surface area contributed by atoms with E-state index in [2.05, 4.69) is 15.5 Å². The number of aliphatic hydroxyl groups is 1. The normalized spacial score (nSPS) is 33.5. The monoisotopic (exact) mass is 311 g/mol. The molecule has 0 aliphatic carbocycles. The lowest BCUT2D eigenvalue weighted by molar-refractivity contribution is -0.131. The van der Waals surface area contributed by atoms with Gasteiger partial charge in [-0.1, -0.05) is 0 Å². The highest BCUT2D eigenvalue weighted by Gasteiger charge is 2.38. The van der Waals surface area contributed by atoms with E-state index in [-0.39, 0.29) is 24.2 Å². The number of carbonyl (C=O) groups excluding carboxylic acids is 1. The van der Waals surface area contributed by atoms with E-state index < -0.39 is 0 Å². The number of nitrogens with zero attached hydrogens (tertiary/aromatic N) is 1. The molecule has 3 fully saturated rings. The van der Waals surface area contributed by atoms with Crippen molar-refractivity contribution in [2.24, 2.45) is 0 Å². The minimum absolute atomic E-state index is 0.00348. The van der Waals surface area contributed by atoms with Crippen LogP contribution in [-0.4, -0.2) is 73.0 Å². The van der Waals surface area contributed by atoms with Gasteiger partial charge in [-0.25, -0.2) is 0 Å². The van der Waals surface area contributed by atoms with E-state index in [1.165, 1.54) is 0 Å². The average Bonchev–Trinajstić information content (AvgIpc) is 3.00. The topological polar surface area (TPSA) is 73.8 Å². The predicted molar refractivity (Wildman–Crippen MR) is 83.6 cm³/mol. The van der Waals surface area contributed by atoms with Gasteiger partial charge in [-0.05, 0) is 51.6 Å². The maximum Gasteiger partial charge on any atom is 0.236 e. The third-order valence-electron chi connectivity index (χ3n) is 5.41. The summed E-state index contributed by atoms with van der Waals surface area (Å²) >= 11 is 0. The van der Waals surface area contributed by atoms with Crippen molar-refractivity contribution in [3.05, 3.63) is 0 Å². The van der Waals surface area contributed by atoms with E-state index in [0.717, 1.165) is 58.2 Å². The van der Waals surface area contributed by atoms with Crippen LogP contribution >= 0.6 is 0 Å². The summed E-state index contributed by atoms with van der Waals surface area (Å²) in [4.78, 5) is 14.4. The number of carbonyl (C=O) groups is 1. The van der Waals surface area contributed by atoms with Gasteiger partial charge >= 0.3 is 0 Å². The van der Waals surface area contributed by atoms with Gasteiger partial charge in [0.1, 0.15) is 0 Å². The molecule has 2 unspecified atom stereocenters. The summed E-state index contributed by atoms with van der Waals surface area (Å²) in [6.45, 7) is 3.73. The number of hydrogen-bond acceptors (Lipinski definition) is 5. The van der Waals surface area contributed by atoms with E-state index in [1.54, 1.807) is 0 Å². The van der Waals surface area contributed by atoms with E-state index in [4.69, 9.17) is 4.74 Å². The fraction of sp³-hybridized carbons (Fsp3) is 0.938. The SMILES string of the molecule is O=C1CNCC(CO)OC2(CCNCC2)CCC2CCCN12. The lowest BCUT2D eigenvalue weighted by Gasteiger charge is -2.41. The smallest absolute Gasteiger partial charge is 0.236 e. The first-order chi connectivity index (χ1) is 10.7. The zero-order valence-electron chi connectivity index (χ0n) is 13.4. The van der Waals surface area contributed by atoms with Crippen molar-refractivity contribution in [1.29, 1.82) is 0 Å². The molecule has 3 rings (SSSR count). The summed E-state index contributed by atoms with van der Waals surface area (Å²) in [5.74, 6) is 0.195. The molecule has 0 aromatic heterocycles. The minimum Gasteiger partial charge on any atom is -0.394 e. The molecular weight excluding hydrogens is 282 g/mol. The number of rotatable bonds is 1. The van der Waals surface area contributed by atoms with Gasteiger partial charge in [0.15, 0.2) is 0 Å². The molecule has 22 heavy (non-hydrogen) atoms. The number of aliphatic hydroxyl groups excluding tert-OH is 1. The molecule has 3 saturated heterocycles. The van der Waals surface area contributed by atoms with Crippen molar-refractivity contribution >= 4 is 5.91 Å². The second-order valence-electron chi connectivity index (χ2n) is 6.91. The second-order valence-corrected chi connectivity index (χ2v) is 6.91. The van der Waals surface area contributed by atoms with Gasteiger partial charge in [-0.2, -0.15) is 0 Å². The fourth-order valence-electron chi connectivity index (χ4n) is 4.14. The summed E-state index contributed by atoms with van der Waals surface area (Å²) in [7, 11) is 0. The first-order valence-corrected chi connectivity index (χ1v) is 8.72. The largest absolute Gasteiger partial charge is 0.394 e. The predicted octanol–water partition coefficient (Wildman–Crippen LogP) is -0.139. The van der Waals surface area contributed by atoms with Crippen LogP contribution in [0.4, 0.5) is 0 Å². The van der Waals surface area contributed by atoms with Gasteiger partial charge in [0, 0.05) is 19.1 Å². The Morgan fingerprint density at radius 1 is 1.23 bits per heavy atom. The molecule has 6 heteroatoms. The van der Waals surface area contributed by atoms with Crippen molar-refractivity contribution in [3.63, 3.8) is 0 Å². The highest BCUT2D eigenvalue weighted by atomic mass is 16.5. The molecule has 1 amide bonds. The van der Waals surface area contributed by atoms with Gasteiger partial charge in [0.2, 0.25) is 5.91 Å². The third-order valence-corrected chi connectivity index (χ3v) is 5.41. The molecule has 2 atom stereocenters. The number of ether oxygens (including phenoxy) is 1. The van der Waals surface area contributed by atoms with Crippen LogP contribution in [0.2, 0.25) is 0 Å². The molecule has 3 heterocycles. The van der Waals surface area contributed by atoms with E-state index in [1.807, 2.05) is 0 Å². The van der Waals surface area contributed by atoms with Crippen LogP contribution in [0.25, 0.3) is 0 Å². The van der Waals surface area contributed by atoms with E-state index in [0.29, 0.717) is 19.1 Å². The summed E-state index contributed by atoms with van der Waals surface area (Å²) in [5.41, 5.74) is -0.137. The Morgan fingerprint density at radius 2 is 2.05 bits per heavy atom. The number of hydrogen-bond donors (Lipinski definition) is 3. The number of fused-ring (bicyclic) bond motifs is 1. The van der Waals surface area contributed by atoms with Crippen molar-refractivity contribution in [3.8, 4) is 0 Å². The van der Waals surface area contributed by atoms with Crippen molar-refractivity contribution in [2.75, 3.05) is 39.3 Å². The maximum absolute atomic E-state index is 12.3. The Bertz CT molecular complexity index is 385. The van der Waals surface area contributed by atoms with Crippen LogP contribution in [0, 0.1) is 0 Å². The van der Waals surface area contributed by atoms with Crippen LogP contribution in [-0.2, 0) is 9.53 Å². The molecule has 126 valence electrons. The van der Waals surface area contributed by atoms with Crippen molar-refractivity contribution < 1.29 is 14.6 Å². The molecule has 6 nitrogen and oxygen atoms in total. The molecule has 3 N–H and O–H groups in total. The van der Waals surface area contributed by atoms with Crippen LogP contribution in [0.5, 0.6) is 0 Å². The highest BCUT2D eigenvalue weighted by Crippen LogP contribution is 2.33. The van der Waals surface area contributed by atoms with Gasteiger partial charge in [-0.15, -0.1) is 0 Å². The Hall–Kier alpha value is -0.690. The quantitative estimate of drug-likeness (QED) is 0.629. The summed E-state index contributed by atoms with van der Waals surface area (Å²) in [5, 5.41) is 16.2. The van der Waals surface area contributed by atoms with Gasteiger partial charge in [-0.3, -0.25) is 4.79 Å². The first-order valence-electron chi connectivity index (χ1n) is 8.72. The summed E-state index contributed by atoms with van der Waals surface area (Å²) < 4.78 is 6.36. The lowest BCUT2D eigenvalue weighted by Crippen LogP contribution is -2.48. The van der Waals surface area contributed by atoms with E-state index >= 15 is 0 Å². The molecular formula is C16H29N3O3. The van der Waals surface area contributed by atoms with Gasteiger partial charge in [0.05, 0.1) is 24.9 Å². The first kappa shape index (κ1) is 16.2. The maximum atomic E-state index is 12.3. The molecule has 0 radical (unpaired) electrons. The highest BCUT2D eigenvalue weighted by molar-refractivity contribution is 5.78. The number of amides is 1. The standard InChI is InChI=1S/C16H29N3O3/c20-12-14-10-18-11-15(21)19-9-1-2-13(19)3-4-16(22-14)5-7-17-8-6-16/h13-14,17-18,20H,1-12H2. The molecule has 0 aromatic rings. The average molecular weight is 311 g/mol. The van der Waals surface area contributed by atoms with Gasteiger partial charge in [0.25, 0.3) is 0 Å². The molecule has 0 saturated carbocycles. The molecule has 0 bridgehead atoms. The number of nitrogens with one attached hydrogen (secondary N) is 2. The summed E-state index contributed by atoms with van der Waals surface area (Å²) in [6, 6.07) is 0.371. The van der Waals surface area contributed by atoms with Crippen molar-refractivity contribution in [2.45, 2.75) is 56.3 Å². The number of piperidine rings is 1. The zero-order valence-corrected chi connectivity index (χ0v) is 13.4. The van der Waals surface area contributed by atoms with Crippen molar-refractivity contribution in [1.82, 2.24) is 15.5 Å². The Labute approximate surface area is 132 Å². The molecule has 1 spiro atoms. The second kappa shape index (κ2) is 7.25. The third kappa shape index (κ3) is 3.62. The Balaban J connectivity index is 1.75. The minimum atomic E-state index is -0.223. The lowest BCUT2D eigenvalue weighted by atomic mass is 9.85. The fourth-order valence-corrected chi connectivity index (χ4v) is 4.14. The molecule has 0 aromatic carbocycles. The zero-order chi connectivity index (χ0) is 15.4. The van der Waals surface area contributed by atoms with Gasteiger partial charge < -0.3 is 25.4 Å². The summed E-state index contributed by atoms with van der Waals surface area (Å²) in [6.07, 6.45) is 5.99. The van der Waals surface area contributed by atoms with E-state index in [9.17, 15) is 9.90 Å². The Morgan fingerprint density at radius 3 is 2.82 bits per heavy atom. The Kier molecular flexibility index (Phi) is 5.33. The molecule has 3 aliphatic heterocycles. The van der Waals surface area contributed by atoms with Crippen LogP contribution in [0.1, 0.15) is 38.5 Å². The molecule has 3 aliphatic rings. The van der Waals surface area contributed by atoms with Crippen LogP contribution < -0.4 is 10.6 Å².